The summed E-state index contributed by atoms with van der Waals surface area (Å²) in [6, 6.07) is 4.40. The predicted octanol–water partition coefficient (Wildman–Crippen LogP) is 5.13. The van der Waals surface area contributed by atoms with Gasteiger partial charge in [-0.15, -0.1) is 11.3 Å². The average Bonchev–Trinajstić information content (AvgIpc) is 2.92. The quantitative estimate of drug-likeness (QED) is 0.763. The number of aryl methyl sites for hydroxylation is 1. The molecule has 0 spiro atoms. The molecule has 98 valence electrons. The second-order valence-corrected chi connectivity index (χ2v) is 7.67. The normalized spacial score (nSPS) is 12.9. The summed E-state index contributed by atoms with van der Waals surface area (Å²) in [5.41, 5.74) is 2.48. The van der Waals surface area contributed by atoms with Crippen molar-refractivity contribution in [2.24, 2.45) is 0 Å². The summed E-state index contributed by atoms with van der Waals surface area (Å²) in [4.78, 5) is 0. The summed E-state index contributed by atoms with van der Waals surface area (Å²) in [5.74, 6) is 1.05. The van der Waals surface area contributed by atoms with E-state index >= 15 is 0 Å². The molecule has 1 unspecified atom stereocenters. The highest BCUT2D eigenvalue weighted by molar-refractivity contribution is 9.12. The molecular weight excluding hydrogens is 378 g/mol. The Kier molecular flexibility index (Phi) is 5.06. The van der Waals surface area contributed by atoms with Gasteiger partial charge in [-0.05, 0) is 56.1 Å². The van der Waals surface area contributed by atoms with Crippen LogP contribution in [0, 0.1) is 0 Å². The SMILES string of the molecule is CCNC(c1ccoc1CC)c1cc(Br)sc1Br. The lowest BCUT2D eigenvalue weighted by Gasteiger charge is -2.17. The molecule has 2 nitrogen and oxygen atoms in total. The van der Waals surface area contributed by atoms with Gasteiger partial charge in [0.05, 0.1) is 19.9 Å². The first-order valence-electron chi connectivity index (χ1n) is 5.91. The fourth-order valence-electron chi connectivity index (χ4n) is 2.04. The van der Waals surface area contributed by atoms with Crippen molar-refractivity contribution < 1.29 is 4.42 Å². The van der Waals surface area contributed by atoms with Crippen LogP contribution in [0.5, 0.6) is 0 Å². The molecule has 5 heteroatoms. The van der Waals surface area contributed by atoms with Gasteiger partial charge in [0.1, 0.15) is 5.76 Å². The topological polar surface area (TPSA) is 25.2 Å². The maximum absolute atomic E-state index is 5.55. The molecule has 0 radical (unpaired) electrons. The summed E-state index contributed by atoms with van der Waals surface area (Å²) in [6.45, 7) is 5.15. The van der Waals surface area contributed by atoms with Crippen molar-refractivity contribution in [1.82, 2.24) is 5.32 Å². The van der Waals surface area contributed by atoms with Crippen LogP contribution < -0.4 is 5.32 Å². The molecule has 0 saturated heterocycles. The van der Waals surface area contributed by atoms with Gasteiger partial charge in [0.25, 0.3) is 0 Å². The maximum Gasteiger partial charge on any atom is 0.108 e. The Morgan fingerprint density at radius 3 is 2.67 bits per heavy atom. The van der Waals surface area contributed by atoms with Crippen LogP contribution in [-0.4, -0.2) is 6.54 Å². The lowest BCUT2D eigenvalue weighted by molar-refractivity contribution is 0.502. The largest absolute Gasteiger partial charge is 0.469 e. The number of furan rings is 1. The highest BCUT2D eigenvalue weighted by Crippen LogP contribution is 2.38. The van der Waals surface area contributed by atoms with Gasteiger partial charge >= 0.3 is 0 Å². The van der Waals surface area contributed by atoms with Crippen LogP contribution in [0.25, 0.3) is 0 Å². The molecule has 0 aliphatic heterocycles. The van der Waals surface area contributed by atoms with E-state index in [1.165, 1.54) is 11.1 Å². The van der Waals surface area contributed by atoms with Gasteiger partial charge < -0.3 is 9.73 Å². The minimum atomic E-state index is 0.181. The van der Waals surface area contributed by atoms with E-state index in [9.17, 15) is 0 Å². The van der Waals surface area contributed by atoms with Crippen LogP contribution in [0.4, 0.5) is 0 Å². The van der Waals surface area contributed by atoms with E-state index < -0.39 is 0 Å². The zero-order chi connectivity index (χ0) is 13.1. The lowest BCUT2D eigenvalue weighted by atomic mass is 10.0. The molecule has 0 amide bonds. The Hall–Kier alpha value is -0.100. The van der Waals surface area contributed by atoms with Gasteiger partial charge in [0.15, 0.2) is 0 Å². The van der Waals surface area contributed by atoms with Crippen molar-refractivity contribution in [1.29, 1.82) is 0 Å². The van der Waals surface area contributed by atoms with E-state index in [2.05, 4.69) is 63.2 Å². The monoisotopic (exact) mass is 391 g/mol. The molecule has 1 N–H and O–H groups in total. The average molecular weight is 393 g/mol. The molecule has 2 aromatic heterocycles. The standard InChI is InChI=1S/C13H15Br2NOS/c1-3-10-8(5-6-17-10)12(16-4-2)9-7-11(14)18-13(9)15/h5-7,12,16H,3-4H2,1-2H3. The molecule has 0 aliphatic carbocycles. The number of hydrogen-bond donors (Lipinski definition) is 1. The number of rotatable bonds is 5. The molecule has 0 aromatic carbocycles. The van der Waals surface area contributed by atoms with Crippen LogP contribution in [0.15, 0.2) is 30.4 Å². The summed E-state index contributed by atoms with van der Waals surface area (Å²) in [6.07, 6.45) is 2.68. The fraction of sp³-hybridized carbons (Fsp3) is 0.385. The van der Waals surface area contributed by atoms with Gasteiger partial charge in [-0.1, -0.05) is 13.8 Å². The minimum Gasteiger partial charge on any atom is -0.469 e. The Labute approximate surface area is 128 Å². The second kappa shape index (κ2) is 6.37. The number of halogens is 2. The van der Waals surface area contributed by atoms with E-state index in [0.717, 1.165) is 26.3 Å². The third kappa shape index (κ3) is 2.90. The van der Waals surface area contributed by atoms with Gasteiger partial charge in [-0.25, -0.2) is 0 Å². The van der Waals surface area contributed by atoms with Gasteiger partial charge in [0, 0.05) is 12.0 Å². The van der Waals surface area contributed by atoms with E-state index in [1.54, 1.807) is 17.6 Å². The molecular formula is C13H15Br2NOS. The Morgan fingerprint density at radius 1 is 1.33 bits per heavy atom. The Bertz CT molecular complexity index is 521. The third-order valence-electron chi connectivity index (χ3n) is 2.81. The van der Waals surface area contributed by atoms with Gasteiger partial charge in [-0.2, -0.15) is 0 Å². The molecule has 18 heavy (non-hydrogen) atoms. The first-order chi connectivity index (χ1) is 8.67. The lowest BCUT2D eigenvalue weighted by Crippen LogP contribution is -2.22. The van der Waals surface area contributed by atoms with Crippen molar-refractivity contribution in [2.75, 3.05) is 6.54 Å². The number of hydrogen-bond acceptors (Lipinski definition) is 3. The first-order valence-corrected chi connectivity index (χ1v) is 8.32. The van der Waals surface area contributed by atoms with Crippen molar-refractivity contribution in [3.63, 3.8) is 0 Å². The molecule has 0 fully saturated rings. The van der Waals surface area contributed by atoms with E-state index in [0.29, 0.717) is 0 Å². The van der Waals surface area contributed by atoms with Crippen molar-refractivity contribution in [2.45, 2.75) is 26.3 Å². The highest BCUT2D eigenvalue weighted by atomic mass is 79.9. The summed E-state index contributed by atoms with van der Waals surface area (Å²) < 4.78 is 7.83. The molecule has 0 bridgehead atoms. The van der Waals surface area contributed by atoms with E-state index in [4.69, 9.17) is 4.42 Å². The zero-order valence-corrected chi connectivity index (χ0v) is 14.3. The van der Waals surface area contributed by atoms with Crippen LogP contribution in [0.2, 0.25) is 0 Å². The number of thiophene rings is 1. The van der Waals surface area contributed by atoms with E-state index in [-0.39, 0.29) is 6.04 Å². The molecule has 1 atom stereocenters. The zero-order valence-electron chi connectivity index (χ0n) is 10.3. The fourth-order valence-corrected chi connectivity index (χ4v) is 4.94. The molecule has 0 aliphatic rings. The van der Waals surface area contributed by atoms with Crippen molar-refractivity contribution >= 4 is 43.2 Å². The first kappa shape index (κ1) is 14.3. The maximum atomic E-state index is 5.55. The van der Waals surface area contributed by atoms with Crippen molar-refractivity contribution in [3.8, 4) is 0 Å². The molecule has 2 aromatic rings. The van der Waals surface area contributed by atoms with Crippen LogP contribution in [0.3, 0.4) is 0 Å². The van der Waals surface area contributed by atoms with Crippen LogP contribution in [0.1, 0.15) is 36.8 Å². The Morgan fingerprint density at radius 2 is 2.11 bits per heavy atom. The number of nitrogens with one attached hydrogen (secondary N) is 1. The molecule has 2 heterocycles. The molecule has 0 saturated carbocycles. The van der Waals surface area contributed by atoms with Gasteiger partial charge in [-0.3, -0.25) is 0 Å². The summed E-state index contributed by atoms with van der Waals surface area (Å²) in [5, 5.41) is 3.53. The van der Waals surface area contributed by atoms with Gasteiger partial charge in [0.2, 0.25) is 0 Å². The predicted molar refractivity (Wildman–Crippen MR) is 83.3 cm³/mol. The van der Waals surface area contributed by atoms with E-state index in [1.807, 2.05) is 0 Å². The van der Waals surface area contributed by atoms with Crippen LogP contribution in [-0.2, 0) is 6.42 Å². The van der Waals surface area contributed by atoms with Crippen LogP contribution >= 0.6 is 43.2 Å². The summed E-state index contributed by atoms with van der Waals surface area (Å²) >= 11 is 8.87. The van der Waals surface area contributed by atoms with Crippen molar-refractivity contribution in [3.05, 3.63) is 42.9 Å². The molecule has 2 rings (SSSR count). The summed E-state index contributed by atoms with van der Waals surface area (Å²) in [7, 11) is 0. The smallest absolute Gasteiger partial charge is 0.108 e. The second-order valence-electron chi connectivity index (χ2n) is 3.92. The third-order valence-corrected chi connectivity index (χ3v) is 5.20. The minimum absolute atomic E-state index is 0.181. The Balaban J connectivity index is 2.42. The highest BCUT2D eigenvalue weighted by Gasteiger charge is 2.22.